The molecule has 2 aromatic rings. The van der Waals surface area contributed by atoms with E-state index in [-0.39, 0.29) is 0 Å². The van der Waals surface area contributed by atoms with Crippen molar-refractivity contribution >= 4 is 5.69 Å². The Labute approximate surface area is 101 Å². The number of hydrogen-bond acceptors (Lipinski definition) is 3. The Hall–Kier alpha value is -1.84. The molecule has 0 fully saturated rings. The molecule has 1 heterocycles. The van der Waals surface area contributed by atoms with Gasteiger partial charge in [-0.3, -0.25) is 5.10 Å². The Morgan fingerprint density at radius 3 is 2.76 bits per heavy atom. The fraction of sp³-hybridized carbons (Fsp3) is 0.385. The molecule has 0 aliphatic carbocycles. The summed E-state index contributed by atoms with van der Waals surface area (Å²) in [4.78, 5) is 4.47. The predicted molar refractivity (Wildman–Crippen MR) is 69.5 cm³/mol. The normalized spacial score (nSPS) is 11.1. The number of aryl methyl sites for hydroxylation is 1. The van der Waals surface area contributed by atoms with E-state index in [1.54, 1.807) is 0 Å². The van der Waals surface area contributed by atoms with Crippen LogP contribution in [0.2, 0.25) is 0 Å². The average molecular weight is 230 g/mol. The van der Waals surface area contributed by atoms with Gasteiger partial charge in [0.15, 0.2) is 5.82 Å². The molecule has 0 atom stereocenters. The zero-order valence-corrected chi connectivity index (χ0v) is 10.5. The third-order valence-corrected chi connectivity index (χ3v) is 2.67. The van der Waals surface area contributed by atoms with Crippen LogP contribution in [0, 0.1) is 12.8 Å². The lowest BCUT2D eigenvalue weighted by molar-refractivity contribution is 0.622. The number of anilines is 1. The second-order valence-electron chi connectivity index (χ2n) is 4.78. The van der Waals surface area contributed by atoms with Gasteiger partial charge in [-0.15, -0.1) is 0 Å². The lowest BCUT2D eigenvalue weighted by Crippen LogP contribution is -1.96. The molecule has 0 saturated carbocycles. The number of nitrogens with one attached hydrogen (secondary N) is 1. The lowest BCUT2D eigenvalue weighted by Gasteiger charge is -2.01. The molecular weight excluding hydrogens is 212 g/mol. The summed E-state index contributed by atoms with van der Waals surface area (Å²) in [5, 5.41) is 7.19. The summed E-state index contributed by atoms with van der Waals surface area (Å²) in [6.45, 7) is 6.30. The Morgan fingerprint density at radius 2 is 2.12 bits per heavy atom. The van der Waals surface area contributed by atoms with Crippen LogP contribution in [0.4, 0.5) is 5.69 Å². The van der Waals surface area contributed by atoms with Crippen molar-refractivity contribution < 1.29 is 0 Å². The highest BCUT2D eigenvalue weighted by Crippen LogP contribution is 2.20. The van der Waals surface area contributed by atoms with Gasteiger partial charge in [0.25, 0.3) is 0 Å². The maximum absolute atomic E-state index is 5.88. The standard InChI is InChI=1S/C13H18N4/c1-8(2)6-12-15-13(17-16-12)10-5-4-9(3)11(14)7-10/h4-5,7-8H,6,14H2,1-3H3,(H,15,16,17). The molecule has 0 bridgehead atoms. The van der Waals surface area contributed by atoms with Gasteiger partial charge in [0.05, 0.1) is 0 Å². The number of nitrogens with zero attached hydrogens (tertiary/aromatic N) is 2. The summed E-state index contributed by atoms with van der Waals surface area (Å²) in [5.41, 5.74) is 8.69. The van der Waals surface area contributed by atoms with Crippen molar-refractivity contribution in [2.75, 3.05) is 5.73 Å². The number of nitrogens with two attached hydrogens (primary N) is 1. The van der Waals surface area contributed by atoms with Crippen LogP contribution in [0.3, 0.4) is 0 Å². The zero-order chi connectivity index (χ0) is 12.4. The molecule has 0 amide bonds. The van der Waals surface area contributed by atoms with Gasteiger partial charge in [-0.05, 0) is 24.5 Å². The Balaban J connectivity index is 2.27. The molecule has 17 heavy (non-hydrogen) atoms. The molecule has 0 radical (unpaired) electrons. The van der Waals surface area contributed by atoms with E-state index in [2.05, 4.69) is 29.0 Å². The summed E-state index contributed by atoms with van der Waals surface area (Å²) in [6, 6.07) is 5.90. The SMILES string of the molecule is Cc1ccc(-c2n[nH]c(CC(C)C)n2)cc1N. The first-order valence-electron chi connectivity index (χ1n) is 5.84. The minimum absolute atomic E-state index is 0.568. The first-order valence-corrected chi connectivity index (χ1v) is 5.84. The van der Waals surface area contributed by atoms with Crippen molar-refractivity contribution in [1.29, 1.82) is 0 Å². The molecule has 0 spiro atoms. The predicted octanol–water partition coefficient (Wildman–Crippen LogP) is 2.56. The number of aromatic amines is 1. The van der Waals surface area contributed by atoms with Gasteiger partial charge < -0.3 is 5.73 Å². The van der Waals surface area contributed by atoms with E-state index in [0.29, 0.717) is 11.7 Å². The van der Waals surface area contributed by atoms with Crippen LogP contribution in [-0.2, 0) is 6.42 Å². The first-order chi connectivity index (χ1) is 8.06. The van der Waals surface area contributed by atoms with Crippen LogP contribution in [0.5, 0.6) is 0 Å². The fourth-order valence-electron chi connectivity index (χ4n) is 1.68. The first kappa shape index (κ1) is 11.6. The smallest absolute Gasteiger partial charge is 0.181 e. The summed E-state index contributed by atoms with van der Waals surface area (Å²) < 4.78 is 0. The maximum atomic E-state index is 5.88. The maximum Gasteiger partial charge on any atom is 0.181 e. The van der Waals surface area contributed by atoms with Crippen molar-refractivity contribution in [1.82, 2.24) is 15.2 Å². The molecule has 1 aromatic carbocycles. The highest BCUT2D eigenvalue weighted by Gasteiger charge is 2.08. The van der Waals surface area contributed by atoms with Crippen molar-refractivity contribution in [3.05, 3.63) is 29.6 Å². The third kappa shape index (κ3) is 2.64. The second-order valence-corrected chi connectivity index (χ2v) is 4.78. The number of hydrogen-bond donors (Lipinski definition) is 2. The van der Waals surface area contributed by atoms with Crippen LogP contribution in [0.1, 0.15) is 25.2 Å². The molecule has 2 rings (SSSR count). The van der Waals surface area contributed by atoms with Crippen molar-refractivity contribution in [3.8, 4) is 11.4 Å². The lowest BCUT2D eigenvalue weighted by atomic mass is 10.1. The topological polar surface area (TPSA) is 67.6 Å². The number of aromatic nitrogens is 3. The number of H-pyrrole nitrogens is 1. The number of benzene rings is 1. The molecule has 4 heteroatoms. The molecular formula is C13H18N4. The number of nitrogen functional groups attached to an aromatic ring is 1. The fourth-order valence-corrected chi connectivity index (χ4v) is 1.68. The van der Waals surface area contributed by atoms with Crippen molar-refractivity contribution in [2.45, 2.75) is 27.2 Å². The minimum atomic E-state index is 0.568. The van der Waals surface area contributed by atoms with E-state index < -0.39 is 0 Å². The Bertz CT molecular complexity index is 514. The summed E-state index contributed by atoms with van der Waals surface area (Å²) >= 11 is 0. The van der Waals surface area contributed by atoms with E-state index in [1.807, 2.05) is 25.1 Å². The molecule has 4 nitrogen and oxygen atoms in total. The monoisotopic (exact) mass is 230 g/mol. The molecule has 0 saturated heterocycles. The minimum Gasteiger partial charge on any atom is -0.398 e. The van der Waals surface area contributed by atoms with E-state index in [0.717, 1.165) is 29.1 Å². The largest absolute Gasteiger partial charge is 0.398 e. The van der Waals surface area contributed by atoms with Gasteiger partial charge in [0.1, 0.15) is 5.82 Å². The van der Waals surface area contributed by atoms with Crippen LogP contribution < -0.4 is 5.73 Å². The highest BCUT2D eigenvalue weighted by atomic mass is 15.2. The van der Waals surface area contributed by atoms with Gasteiger partial charge in [0.2, 0.25) is 0 Å². The van der Waals surface area contributed by atoms with Crippen molar-refractivity contribution in [2.24, 2.45) is 5.92 Å². The van der Waals surface area contributed by atoms with Gasteiger partial charge in [-0.1, -0.05) is 26.0 Å². The van der Waals surface area contributed by atoms with Gasteiger partial charge in [-0.2, -0.15) is 5.10 Å². The average Bonchev–Trinajstić information content (AvgIpc) is 2.69. The van der Waals surface area contributed by atoms with Crippen LogP contribution in [0.15, 0.2) is 18.2 Å². The quantitative estimate of drug-likeness (QED) is 0.796. The van der Waals surface area contributed by atoms with Crippen LogP contribution in [-0.4, -0.2) is 15.2 Å². The molecule has 1 aromatic heterocycles. The molecule has 90 valence electrons. The van der Waals surface area contributed by atoms with E-state index in [1.165, 1.54) is 0 Å². The molecule has 0 aliphatic rings. The Morgan fingerprint density at radius 1 is 1.35 bits per heavy atom. The third-order valence-electron chi connectivity index (χ3n) is 2.67. The van der Waals surface area contributed by atoms with E-state index >= 15 is 0 Å². The van der Waals surface area contributed by atoms with Crippen LogP contribution in [0.25, 0.3) is 11.4 Å². The summed E-state index contributed by atoms with van der Waals surface area (Å²) in [6.07, 6.45) is 0.911. The zero-order valence-electron chi connectivity index (χ0n) is 10.5. The Kier molecular flexibility index (Phi) is 3.13. The van der Waals surface area contributed by atoms with Gasteiger partial charge in [0, 0.05) is 17.7 Å². The molecule has 3 N–H and O–H groups in total. The van der Waals surface area contributed by atoms with Crippen molar-refractivity contribution in [3.63, 3.8) is 0 Å². The highest BCUT2D eigenvalue weighted by molar-refractivity contribution is 5.63. The number of rotatable bonds is 3. The van der Waals surface area contributed by atoms with Crippen LogP contribution >= 0.6 is 0 Å². The van der Waals surface area contributed by atoms with Gasteiger partial charge in [-0.25, -0.2) is 4.98 Å². The van der Waals surface area contributed by atoms with E-state index in [4.69, 9.17) is 5.73 Å². The molecule has 0 aliphatic heterocycles. The summed E-state index contributed by atoms with van der Waals surface area (Å²) in [7, 11) is 0. The van der Waals surface area contributed by atoms with E-state index in [9.17, 15) is 0 Å². The second kappa shape index (κ2) is 4.57. The summed E-state index contributed by atoms with van der Waals surface area (Å²) in [5.74, 6) is 2.21. The van der Waals surface area contributed by atoms with Gasteiger partial charge >= 0.3 is 0 Å². The molecule has 0 unspecified atom stereocenters.